The van der Waals surface area contributed by atoms with Gasteiger partial charge in [-0.15, -0.1) is 0 Å². The van der Waals surface area contributed by atoms with Crippen LogP contribution in [0.4, 0.5) is 5.82 Å². The van der Waals surface area contributed by atoms with Gasteiger partial charge in [0.1, 0.15) is 11.0 Å². The Kier molecular flexibility index (Phi) is 7.87. The zero-order chi connectivity index (χ0) is 21.5. The molecule has 160 valence electrons. The summed E-state index contributed by atoms with van der Waals surface area (Å²) in [7, 11) is 0. The van der Waals surface area contributed by atoms with E-state index < -0.39 is 0 Å². The summed E-state index contributed by atoms with van der Waals surface area (Å²) in [6, 6.07) is 5.53. The van der Waals surface area contributed by atoms with Gasteiger partial charge in [-0.25, -0.2) is 9.97 Å². The number of rotatable bonds is 7. The highest BCUT2D eigenvalue weighted by molar-refractivity contribution is 7.99. The lowest BCUT2D eigenvalue weighted by molar-refractivity contribution is -0.133. The number of hydrogen-bond acceptors (Lipinski definition) is 7. The van der Waals surface area contributed by atoms with Gasteiger partial charge >= 0.3 is 0 Å². The van der Waals surface area contributed by atoms with Crippen molar-refractivity contribution in [1.82, 2.24) is 25.2 Å². The van der Waals surface area contributed by atoms with Gasteiger partial charge in [-0.1, -0.05) is 30.3 Å². The number of pyridine rings is 1. The summed E-state index contributed by atoms with van der Waals surface area (Å²) in [6.07, 6.45) is 3.89. The van der Waals surface area contributed by atoms with Crippen molar-refractivity contribution in [2.75, 3.05) is 30.3 Å². The molecule has 1 fully saturated rings. The molecule has 10 heteroatoms. The Morgan fingerprint density at radius 3 is 2.73 bits per heavy atom. The summed E-state index contributed by atoms with van der Waals surface area (Å²) in [5, 5.41) is 3.65. The lowest BCUT2D eigenvalue weighted by Crippen LogP contribution is -2.54. The van der Waals surface area contributed by atoms with Gasteiger partial charge < -0.3 is 15.1 Å². The lowest BCUT2D eigenvalue weighted by Gasteiger charge is -2.40. The van der Waals surface area contributed by atoms with E-state index in [0.29, 0.717) is 48.7 Å². The minimum atomic E-state index is -0.109. The Hall–Kier alpha value is -2.39. The molecular formula is C20H25ClN6O2S. The van der Waals surface area contributed by atoms with Gasteiger partial charge in [-0.2, -0.15) is 0 Å². The van der Waals surface area contributed by atoms with E-state index in [1.807, 2.05) is 30.9 Å². The number of aromatic nitrogens is 3. The van der Waals surface area contributed by atoms with Gasteiger partial charge in [0.05, 0.1) is 5.75 Å². The van der Waals surface area contributed by atoms with Crippen molar-refractivity contribution in [3.05, 3.63) is 41.3 Å². The van der Waals surface area contributed by atoms with Crippen LogP contribution in [-0.2, 0) is 16.1 Å². The molecule has 2 aromatic heterocycles. The second kappa shape index (κ2) is 10.6. The summed E-state index contributed by atoms with van der Waals surface area (Å²) in [5.41, 5.74) is 0.986. The molecule has 8 nitrogen and oxygen atoms in total. The Morgan fingerprint density at radius 1 is 1.27 bits per heavy atom. The summed E-state index contributed by atoms with van der Waals surface area (Å²) < 4.78 is 0. The Balaban J connectivity index is 1.56. The predicted molar refractivity (Wildman–Crippen MR) is 118 cm³/mol. The van der Waals surface area contributed by atoms with E-state index in [1.165, 1.54) is 11.8 Å². The van der Waals surface area contributed by atoms with Gasteiger partial charge in [0.15, 0.2) is 5.16 Å². The molecule has 1 saturated heterocycles. The zero-order valence-corrected chi connectivity index (χ0v) is 18.6. The van der Waals surface area contributed by atoms with Crippen LogP contribution in [0.3, 0.4) is 0 Å². The first-order valence-electron chi connectivity index (χ1n) is 9.83. The van der Waals surface area contributed by atoms with Crippen molar-refractivity contribution in [3.8, 4) is 0 Å². The summed E-state index contributed by atoms with van der Waals surface area (Å²) in [4.78, 5) is 41.0. The maximum atomic E-state index is 12.1. The molecule has 0 spiro atoms. The molecular weight excluding hydrogens is 424 g/mol. The highest BCUT2D eigenvalue weighted by Gasteiger charge is 2.27. The molecule has 0 radical (unpaired) electrons. The second-order valence-corrected chi connectivity index (χ2v) is 8.32. The normalized spacial score (nSPS) is 16.4. The number of amides is 2. The largest absolute Gasteiger partial charge is 0.353 e. The molecule has 1 aliphatic heterocycles. The van der Waals surface area contributed by atoms with Crippen molar-refractivity contribution in [2.24, 2.45) is 0 Å². The quantitative estimate of drug-likeness (QED) is 0.395. The number of thioether (sulfide) groups is 1. The van der Waals surface area contributed by atoms with Crippen LogP contribution in [0.5, 0.6) is 0 Å². The molecule has 0 saturated carbocycles. The van der Waals surface area contributed by atoms with Crippen molar-refractivity contribution >= 4 is 41.0 Å². The van der Waals surface area contributed by atoms with Crippen LogP contribution in [0.2, 0.25) is 5.15 Å². The van der Waals surface area contributed by atoms with Crippen molar-refractivity contribution in [3.63, 3.8) is 0 Å². The molecule has 30 heavy (non-hydrogen) atoms. The molecule has 1 aliphatic rings. The average molecular weight is 449 g/mol. The number of nitrogens with zero attached hydrogens (tertiary/aromatic N) is 5. The number of carbonyl (C=O) groups excluding carboxylic acids is 2. The zero-order valence-electron chi connectivity index (χ0n) is 17.0. The summed E-state index contributed by atoms with van der Waals surface area (Å²) >= 11 is 7.45. The van der Waals surface area contributed by atoms with Gasteiger partial charge in [-0.3, -0.25) is 14.6 Å². The van der Waals surface area contributed by atoms with E-state index >= 15 is 0 Å². The second-order valence-electron chi connectivity index (χ2n) is 6.99. The fourth-order valence-electron chi connectivity index (χ4n) is 3.23. The Morgan fingerprint density at radius 2 is 2.03 bits per heavy atom. The van der Waals surface area contributed by atoms with E-state index in [0.717, 1.165) is 5.56 Å². The number of carbonyl (C=O) groups is 2. The highest BCUT2D eigenvalue weighted by atomic mass is 35.5. The van der Waals surface area contributed by atoms with E-state index in [2.05, 4.69) is 25.2 Å². The first kappa shape index (κ1) is 22.3. The Labute approximate surface area is 185 Å². The fraction of sp³-hybridized carbons (Fsp3) is 0.450. The summed E-state index contributed by atoms with van der Waals surface area (Å²) in [6.45, 7) is 6.36. The van der Waals surface area contributed by atoms with Crippen LogP contribution in [0, 0.1) is 0 Å². The van der Waals surface area contributed by atoms with E-state index in [-0.39, 0.29) is 23.6 Å². The molecule has 0 bridgehead atoms. The minimum absolute atomic E-state index is 0.0926. The van der Waals surface area contributed by atoms with Crippen LogP contribution in [-0.4, -0.2) is 63.1 Å². The van der Waals surface area contributed by atoms with Crippen LogP contribution in [0.15, 0.2) is 35.7 Å². The van der Waals surface area contributed by atoms with Gasteiger partial charge in [-0.05, 0) is 24.6 Å². The smallest absolute Gasteiger partial charge is 0.230 e. The van der Waals surface area contributed by atoms with E-state index in [4.69, 9.17) is 11.6 Å². The van der Waals surface area contributed by atoms with Crippen molar-refractivity contribution in [2.45, 2.75) is 38.0 Å². The molecule has 3 heterocycles. The minimum Gasteiger partial charge on any atom is -0.353 e. The van der Waals surface area contributed by atoms with Crippen molar-refractivity contribution < 1.29 is 9.59 Å². The van der Waals surface area contributed by atoms with Crippen LogP contribution >= 0.6 is 23.4 Å². The SMILES string of the molecule is CCC(=O)N1CCN(c2cc(Cl)nc(SCC(=O)NCc3ccncc3)n2)CC1C. The molecule has 0 aromatic carbocycles. The van der Waals surface area contributed by atoms with Gasteiger partial charge in [0.2, 0.25) is 11.8 Å². The third kappa shape index (κ3) is 6.06. The molecule has 1 atom stereocenters. The van der Waals surface area contributed by atoms with Crippen LogP contribution < -0.4 is 10.2 Å². The maximum absolute atomic E-state index is 12.1. The molecule has 1 unspecified atom stereocenters. The van der Waals surface area contributed by atoms with Crippen LogP contribution in [0.25, 0.3) is 0 Å². The highest BCUT2D eigenvalue weighted by Crippen LogP contribution is 2.24. The number of nitrogens with one attached hydrogen (secondary N) is 1. The molecule has 2 amide bonds. The first-order valence-corrected chi connectivity index (χ1v) is 11.2. The summed E-state index contributed by atoms with van der Waals surface area (Å²) in [5.74, 6) is 0.962. The number of halogens is 1. The van der Waals surface area contributed by atoms with Crippen LogP contribution in [0.1, 0.15) is 25.8 Å². The average Bonchev–Trinajstić information content (AvgIpc) is 2.76. The monoisotopic (exact) mass is 448 g/mol. The maximum Gasteiger partial charge on any atom is 0.230 e. The standard InChI is InChI=1S/C20H25ClN6O2S/c1-3-19(29)27-9-8-26(12-14(27)2)17-10-16(21)24-20(25-17)30-13-18(28)23-11-15-4-6-22-7-5-15/h4-7,10,14H,3,8-9,11-13H2,1-2H3,(H,23,28). The van der Waals surface area contributed by atoms with Crippen molar-refractivity contribution in [1.29, 1.82) is 0 Å². The topological polar surface area (TPSA) is 91.3 Å². The van der Waals surface area contributed by atoms with Gasteiger partial charge in [0, 0.05) is 57.1 Å². The Bertz CT molecular complexity index is 885. The number of anilines is 1. The third-order valence-corrected chi connectivity index (χ3v) is 5.85. The number of hydrogen-bond donors (Lipinski definition) is 1. The molecule has 1 N–H and O–H groups in total. The van der Waals surface area contributed by atoms with Gasteiger partial charge in [0.25, 0.3) is 0 Å². The predicted octanol–water partition coefficient (Wildman–Crippen LogP) is 2.38. The fourth-order valence-corrected chi connectivity index (χ4v) is 4.14. The number of piperazine rings is 1. The van der Waals surface area contributed by atoms with E-state index in [1.54, 1.807) is 18.5 Å². The molecule has 2 aromatic rings. The molecule has 3 rings (SSSR count). The van der Waals surface area contributed by atoms with E-state index in [9.17, 15) is 9.59 Å². The molecule has 0 aliphatic carbocycles. The lowest BCUT2D eigenvalue weighted by atomic mass is 10.1. The first-order chi connectivity index (χ1) is 14.5. The third-order valence-electron chi connectivity index (χ3n) is 4.81.